The minimum Gasteiger partial charge on any atom is -0.311 e. The van der Waals surface area contributed by atoms with Crippen LogP contribution in [0.1, 0.15) is 41.7 Å². The number of carbonyl (C=O) groups is 1. The fourth-order valence-electron chi connectivity index (χ4n) is 3.18. The van der Waals surface area contributed by atoms with Gasteiger partial charge in [0.25, 0.3) is 0 Å². The molecule has 2 unspecified atom stereocenters. The second-order valence-corrected chi connectivity index (χ2v) is 5.18. The van der Waals surface area contributed by atoms with E-state index in [1.54, 1.807) is 18.3 Å². The van der Waals surface area contributed by atoms with Crippen LogP contribution < -0.4 is 5.32 Å². The molecule has 3 rings (SSSR count). The van der Waals surface area contributed by atoms with Crippen molar-refractivity contribution in [3.8, 4) is 6.07 Å². The van der Waals surface area contributed by atoms with Gasteiger partial charge < -0.3 is 5.32 Å². The predicted molar refractivity (Wildman–Crippen MR) is 66.0 cm³/mol. The fraction of sp³-hybridized carbons (Fsp3) is 0.500. The number of fused-ring (bicyclic) bond motifs is 2. The van der Waals surface area contributed by atoms with Crippen LogP contribution in [0.3, 0.4) is 0 Å². The number of Topliss-reactive ketones (excluding diaryl/α,β-unsaturated/α-hetero) is 1. The van der Waals surface area contributed by atoms with Crippen LogP contribution in [0.4, 0.5) is 0 Å². The van der Waals surface area contributed by atoms with Gasteiger partial charge >= 0.3 is 0 Å². The quantitative estimate of drug-likeness (QED) is 0.800. The molecule has 1 aromatic rings. The number of nitrogens with one attached hydrogen (secondary N) is 1. The summed E-state index contributed by atoms with van der Waals surface area (Å²) in [5.41, 5.74) is 0.750. The Hall–Kier alpha value is -1.73. The van der Waals surface area contributed by atoms with E-state index >= 15 is 0 Å². The Kier molecular flexibility index (Phi) is 2.85. The van der Waals surface area contributed by atoms with Crippen LogP contribution in [-0.4, -0.2) is 22.9 Å². The van der Waals surface area contributed by atoms with Crippen LogP contribution in [0.2, 0.25) is 0 Å². The molecule has 0 spiro atoms. The standard InChI is InChI=1S/C14H15N3O/c15-8-13-12(2-1-5-16-13)14(18)9-6-10-3-4-11(7-9)17-10/h1-2,5,9-11,17H,3-4,6-7H2. The van der Waals surface area contributed by atoms with Crippen molar-refractivity contribution in [1.82, 2.24) is 10.3 Å². The van der Waals surface area contributed by atoms with Gasteiger partial charge in [0, 0.05) is 24.2 Å². The zero-order valence-electron chi connectivity index (χ0n) is 10.1. The first-order valence-electron chi connectivity index (χ1n) is 6.43. The van der Waals surface area contributed by atoms with Gasteiger partial charge in [0.15, 0.2) is 11.5 Å². The second kappa shape index (κ2) is 4.51. The fourth-order valence-corrected chi connectivity index (χ4v) is 3.18. The summed E-state index contributed by atoms with van der Waals surface area (Å²) in [6.45, 7) is 0. The predicted octanol–water partition coefficient (Wildman–Crippen LogP) is 1.67. The lowest BCUT2D eigenvalue weighted by Gasteiger charge is -2.28. The van der Waals surface area contributed by atoms with E-state index in [0.717, 1.165) is 12.8 Å². The molecule has 3 heterocycles. The van der Waals surface area contributed by atoms with E-state index in [9.17, 15) is 4.79 Å². The molecule has 4 heteroatoms. The van der Waals surface area contributed by atoms with Gasteiger partial charge in [-0.1, -0.05) is 0 Å². The number of piperidine rings is 1. The molecule has 1 aromatic heterocycles. The van der Waals surface area contributed by atoms with E-state index in [4.69, 9.17) is 5.26 Å². The molecular weight excluding hydrogens is 226 g/mol. The summed E-state index contributed by atoms with van der Waals surface area (Å²) in [6, 6.07) is 6.42. The normalized spacial score (nSPS) is 29.8. The largest absolute Gasteiger partial charge is 0.311 e. The number of aromatic nitrogens is 1. The molecule has 0 aromatic carbocycles. The molecule has 18 heavy (non-hydrogen) atoms. The van der Waals surface area contributed by atoms with Crippen molar-refractivity contribution >= 4 is 5.78 Å². The first-order chi connectivity index (χ1) is 8.78. The first kappa shape index (κ1) is 11.4. The average molecular weight is 241 g/mol. The minimum atomic E-state index is 0.0556. The smallest absolute Gasteiger partial charge is 0.168 e. The Bertz CT molecular complexity index is 508. The summed E-state index contributed by atoms with van der Waals surface area (Å²) in [4.78, 5) is 16.4. The van der Waals surface area contributed by atoms with Crippen molar-refractivity contribution in [1.29, 1.82) is 5.26 Å². The number of nitriles is 1. The van der Waals surface area contributed by atoms with Crippen molar-refractivity contribution in [3.05, 3.63) is 29.6 Å². The Labute approximate surface area is 106 Å². The molecule has 2 aliphatic rings. The van der Waals surface area contributed by atoms with Gasteiger partial charge in [-0.2, -0.15) is 5.26 Å². The molecule has 2 saturated heterocycles. The number of ketones is 1. The Morgan fingerprint density at radius 3 is 2.78 bits per heavy atom. The summed E-state index contributed by atoms with van der Waals surface area (Å²) in [5.74, 6) is 0.151. The molecule has 2 atom stereocenters. The third-order valence-corrected chi connectivity index (χ3v) is 4.02. The van der Waals surface area contributed by atoms with Crippen LogP contribution in [0.5, 0.6) is 0 Å². The van der Waals surface area contributed by atoms with Crippen LogP contribution in [-0.2, 0) is 0 Å². The van der Waals surface area contributed by atoms with E-state index < -0.39 is 0 Å². The molecule has 4 nitrogen and oxygen atoms in total. The molecular formula is C14H15N3O. The van der Waals surface area contributed by atoms with Crippen LogP contribution in [0.25, 0.3) is 0 Å². The summed E-state index contributed by atoms with van der Waals surface area (Å²) >= 11 is 0. The monoisotopic (exact) mass is 241 g/mol. The number of carbonyl (C=O) groups excluding carboxylic acids is 1. The highest BCUT2D eigenvalue weighted by Crippen LogP contribution is 2.33. The number of hydrogen-bond donors (Lipinski definition) is 1. The molecule has 2 bridgehead atoms. The molecule has 0 saturated carbocycles. The van der Waals surface area contributed by atoms with E-state index in [1.807, 2.05) is 6.07 Å². The Balaban J connectivity index is 1.84. The van der Waals surface area contributed by atoms with Gasteiger partial charge in [0.05, 0.1) is 5.56 Å². The molecule has 0 amide bonds. The third-order valence-electron chi connectivity index (χ3n) is 4.02. The SMILES string of the molecule is N#Cc1ncccc1C(=O)C1CC2CCC(C1)N2. The number of rotatable bonds is 2. The summed E-state index contributed by atoms with van der Waals surface area (Å²) < 4.78 is 0. The van der Waals surface area contributed by atoms with Crippen molar-refractivity contribution in [2.75, 3.05) is 0 Å². The number of pyridine rings is 1. The topological polar surface area (TPSA) is 65.8 Å². The van der Waals surface area contributed by atoms with Crippen molar-refractivity contribution < 1.29 is 4.79 Å². The maximum atomic E-state index is 12.5. The van der Waals surface area contributed by atoms with E-state index in [2.05, 4.69) is 10.3 Å². The van der Waals surface area contributed by atoms with Crippen LogP contribution in [0.15, 0.2) is 18.3 Å². The minimum absolute atomic E-state index is 0.0556. The summed E-state index contributed by atoms with van der Waals surface area (Å²) in [6.07, 6.45) is 5.70. The highest BCUT2D eigenvalue weighted by Gasteiger charge is 2.37. The lowest BCUT2D eigenvalue weighted by atomic mass is 9.85. The van der Waals surface area contributed by atoms with Gasteiger partial charge in [0.2, 0.25) is 0 Å². The average Bonchev–Trinajstić information content (AvgIpc) is 2.76. The zero-order valence-corrected chi connectivity index (χ0v) is 10.1. The van der Waals surface area contributed by atoms with Gasteiger partial charge in [-0.25, -0.2) is 4.98 Å². The van der Waals surface area contributed by atoms with E-state index in [1.165, 1.54) is 12.8 Å². The Morgan fingerprint density at radius 2 is 2.11 bits per heavy atom. The van der Waals surface area contributed by atoms with E-state index in [0.29, 0.717) is 17.6 Å². The van der Waals surface area contributed by atoms with Crippen LogP contribution in [0, 0.1) is 17.2 Å². The van der Waals surface area contributed by atoms with Crippen molar-refractivity contribution in [2.24, 2.45) is 5.92 Å². The molecule has 0 aliphatic carbocycles. The van der Waals surface area contributed by atoms with E-state index in [-0.39, 0.29) is 17.4 Å². The lowest BCUT2D eigenvalue weighted by Crippen LogP contribution is -2.40. The third kappa shape index (κ3) is 1.91. The van der Waals surface area contributed by atoms with Gasteiger partial charge in [-0.05, 0) is 37.8 Å². The molecule has 0 radical (unpaired) electrons. The highest BCUT2D eigenvalue weighted by atomic mass is 16.1. The second-order valence-electron chi connectivity index (χ2n) is 5.18. The number of hydrogen-bond acceptors (Lipinski definition) is 4. The maximum absolute atomic E-state index is 12.5. The van der Waals surface area contributed by atoms with Crippen LogP contribution >= 0.6 is 0 Å². The zero-order chi connectivity index (χ0) is 12.5. The molecule has 2 aliphatic heterocycles. The first-order valence-corrected chi connectivity index (χ1v) is 6.43. The molecule has 92 valence electrons. The molecule has 2 fully saturated rings. The van der Waals surface area contributed by atoms with Crippen molar-refractivity contribution in [2.45, 2.75) is 37.8 Å². The van der Waals surface area contributed by atoms with Crippen molar-refractivity contribution in [3.63, 3.8) is 0 Å². The lowest BCUT2D eigenvalue weighted by molar-refractivity contribution is 0.0875. The Morgan fingerprint density at radius 1 is 1.39 bits per heavy atom. The summed E-state index contributed by atoms with van der Waals surface area (Å²) in [7, 11) is 0. The summed E-state index contributed by atoms with van der Waals surface area (Å²) in [5, 5.41) is 12.5. The van der Waals surface area contributed by atoms with Gasteiger partial charge in [0.1, 0.15) is 6.07 Å². The highest BCUT2D eigenvalue weighted by molar-refractivity contribution is 5.99. The van der Waals surface area contributed by atoms with Gasteiger partial charge in [-0.3, -0.25) is 4.79 Å². The number of nitrogens with zero attached hydrogens (tertiary/aromatic N) is 2. The molecule has 1 N–H and O–H groups in total. The van der Waals surface area contributed by atoms with Gasteiger partial charge in [-0.15, -0.1) is 0 Å². The maximum Gasteiger partial charge on any atom is 0.168 e.